The quantitative estimate of drug-likeness (QED) is 0.907. The van der Waals surface area contributed by atoms with Crippen molar-refractivity contribution in [3.63, 3.8) is 0 Å². The lowest BCUT2D eigenvalue weighted by atomic mass is 10.0. The number of nitrogens with two attached hydrogens (primary N) is 1. The van der Waals surface area contributed by atoms with Gasteiger partial charge in [0.1, 0.15) is 0 Å². The molecule has 0 bridgehead atoms. The number of halogens is 3. The zero-order chi connectivity index (χ0) is 14.0. The standard InChI is InChI=1S/C12H8F3N3O/c13-12(14,15)11-17-5-7(6-18-11)8-3-1-2-4-9(8)10(16)19/h1-6H,(H2,16,19). The van der Waals surface area contributed by atoms with E-state index in [1.165, 1.54) is 6.07 Å². The molecule has 0 saturated heterocycles. The van der Waals surface area contributed by atoms with Crippen LogP contribution in [0.4, 0.5) is 13.2 Å². The number of amides is 1. The molecule has 0 aliphatic carbocycles. The lowest BCUT2D eigenvalue weighted by Crippen LogP contribution is -2.13. The highest BCUT2D eigenvalue weighted by Gasteiger charge is 2.34. The first kappa shape index (κ1) is 13.0. The van der Waals surface area contributed by atoms with Gasteiger partial charge < -0.3 is 5.73 Å². The first-order valence-corrected chi connectivity index (χ1v) is 5.18. The molecule has 2 rings (SSSR count). The fraction of sp³-hybridized carbons (Fsp3) is 0.0833. The highest BCUT2D eigenvalue weighted by Crippen LogP contribution is 2.27. The van der Waals surface area contributed by atoms with Crippen LogP contribution in [0.25, 0.3) is 11.1 Å². The van der Waals surface area contributed by atoms with Crippen molar-refractivity contribution in [3.05, 3.63) is 48.0 Å². The summed E-state index contributed by atoms with van der Waals surface area (Å²) >= 11 is 0. The Morgan fingerprint density at radius 1 is 1.11 bits per heavy atom. The van der Waals surface area contributed by atoms with Crippen LogP contribution in [-0.2, 0) is 6.18 Å². The van der Waals surface area contributed by atoms with E-state index in [1.807, 2.05) is 0 Å². The van der Waals surface area contributed by atoms with Crippen LogP contribution in [0.15, 0.2) is 36.7 Å². The number of hydrogen-bond donors (Lipinski definition) is 1. The summed E-state index contributed by atoms with van der Waals surface area (Å²) in [5.74, 6) is -1.90. The molecule has 2 N–H and O–H groups in total. The summed E-state index contributed by atoms with van der Waals surface area (Å²) < 4.78 is 37.0. The van der Waals surface area contributed by atoms with Crippen LogP contribution >= 0.6 is 0 Å². The minimum atomic E-state index is -4.60. The molecular weight excluding hydrogens is 259 g/mol. The third-order valence-corrected chi connectivity index (χ3v) is 2.41. The lowest BCUT2D eigenvalue weighted by molar-refractivity contribution is -0.144. The topological polar surface area (TPSA) is 68.9 Å². The van der Waals surface area contributed by atoms with Crippen LogP contribution in [-0.4, -0.2) is 15.9 Å². The molecule has 1 amide bonds. The molecule has 7 heteroatoms. The van der Waals surface area contributed by atoms with Gasteiger partial charge in [-0.25, -0.2) is 9.97 Å². The molecule has 1 heterocycles. The van der Waals surface area contributed by atoms with E-state index in [4.69, 9.17) is 5.73 Å². The minimum Gasteiger partial charge on any atom is -0.366 e. The van der Waals surface area contributed by atoms with Crippen molar-refractivity contribution in [2.24, 2.45) is 5.73 Å². The maximum atomic E-state index is 12.3. The number of rotatable bonds is 2. The molecule has 19 heavy (non-hydrogen) atoms. The molecule has 0 spiro atoms. The van der Waals surface area contributed by atoms with Gasteiger partial charge in [-0.3, -0.25) is 4.79 Å². The van der Waals surface area contributed by atoms with Crippen LogP contribution in [0, 0.1) is 0 Å². The number of hydrogen-bond acceptors (Lipinski definition) is 3. The molecule has 0 aliphatic rings. The molecule has 2 aromatic rings. The Bertz CT molecular complexity index is 608. The fourth-order valence-corrected chi connectivity index (χ4v) is 1.56. The molecule has 1 aromatic carbocycles. The van der Waals surface area contributed by atoms with Gasteiger partial charge in [-0.2, -0.15) is 13.2 Å². The summed E-state index contributed by atoms with van der Waals surface area (Å²) in [6.45, 7) is 0. The Kier molecular flexibility index (Phi) is 3.20. The van der Waals surface area contributed by atoms with Gasteiger partial charge in [0.05, 0.1) is 0 Å². The second kappa shape index (κ2) is 4.68. The van der Waals surface area contributed by atoms with Gasteiger partial charge in [0, 0.05) is 23.5 Å². The van der Waals surface area contributed by atoms with E-state index in [1.54, 1.807) is 18.2 Å². The summed E-state index contributed by atoms with van der Waals surface area (Å²) in [5, 5.41) is 0. The Hall–Kier alpha value is -2.44. The summed E-state index contributed by atoms with van der Waals surface area (Å²) in [6, 6.07) is 6.29. The summed E-state index contributed by atoms with van der Waals surface area (Å²) in [5.41, 5.74) is 6.08. The molecule has 0 fully saturated rings. The first-order valence-electron chi connectivity index (χ1n) is 5.18. The number of benzene rings is 1. The van der Waals surface area contributed by atoms with Crippen molar-refractivity contribution >= 4 is 5.91 Å². The molecule has 0 aliphatic heterocycles. The normalized spacial score (nSPS) is 11.3. The maximum absolute atomic E-state index is 12.3. The Balaban J connectivity index is 2.46. The van der Waals surface area contributed by atoms with Crippen LogP contribution in [0.5, 0.6) is 0 Å². The summed E-state index contributed by atoms with van der Waals surface area (Å²) in [7, 11) is 0. The van der Waals surface area contributed by atoms with Crippen LogP contribution in [0.1, 0.15) is 16.2 Å². The monoisotopic (exact) mass is 267 g/mol. The molecule has 0 unspecified atom stereocenters. The second-order valence-corrected chi connectivity index (χ2v) is 3.70. The molecule has 1 aromatic heterocycles. The fourth-order valence-electron chi connectivity index (χ4n) is 1.56. The number of aromatic nitrogens is 2. The van der Waals surface area contributed by atoms with Crippen LogP contribution < -0.4 is 5.73 Å². The third-order valence-electron chi connectivity index (χ3n) is 2.41. The SMILES string of the molecule is NC(=O)c1ccccc1-c1cnc(C(F)(F)F)nc1. The van der Waals surface area contributed by atoms with Gasteiger partial charge in [-0.05, 0) is 11.6 Å². The van der Waals surface area contributed by atoms with E-state index in [-0.39, 0.29) is 5.56 Å². The van der Waals surface area contributed by atoms with Crippen LogP contribution in [0.2, 0.25) is 0 Å². The number of nitrogens with zero attached hydrogens (tertiary/aromatic N) is 2. The van der Waals surface area contributed by atoms with Crippen molar-refractivity contribution in [3.8, 4) is 11.1 Å². The Labute approximate surface area is 106 Å². The van der Waals surface area contributed by atoms with Gasteiger partial charge >= 0.3 is 6.18 Å². The third kappa shape index (κ3) is 2.70. The molecule has 0 atom stereocenters. The van der Waals surface area contributed by atoms with E-state index >= 15 is 0 Å². The number of carbonyl (C=O) groups is 1. The van der Waals surface area contributed by atoms with Gasteiger partial charge in [0.2, 0.25) is 11.7 Å². The summed E-state index contributed by atoms with van der Waals surface area (Å²) in [4.78, 5) is 17.7. The smallest absolute Gasteiger partial charge is 0.366 e. The Morgan fingerprint density at radius 2 is 1.68 bits per heavy atom. The average molecular weight is 267 g/mol. The van der Waals surface area contributed by atoms with Gasteiger partial charge in [0.25, 0.3) is 0 Å². The largest absolute Gasteiger partial charge is 0.451 e. The predicted molar refractivity (Wildman–Crippen MR) is 61.0 cm³/mol. The Morgan fingerprint density at radius 3 is 2.21 bits per heavy atom. The van der Waals surface area contributed by atoms with Crippen molar-refractivity contribution < 1.29 is 18.0 Å². The molecule has 0 saturated carbocycles. The summed E-state index contributed by atoms with van der Waals surface area (Å²) in [6.07, 6.45) is -2.57. The highest BCUT2D eigenvalue weighted by atomic mass is 19.4. The van der Waals surface area contributed by atoms with Gasteiger partial charge in [-0.1, -0.05) is 18.2 Å². The second-order valence-electron chi connectivity index (χ2n) is 3.70. The number of primary amides is 1. The van der Waals surface area contributed by atoms with Crippen molar-refractivity contribution in [1.29, 1.82) is 0 Å². The maximum Gasteiger partial charge on any atom is 0.451 e. The van der Waals surface area contributed by atoms with Crippen LogP contribution in [0.3, 0.4) is 0 Å². The van der Waals surface area contributed by atoms with E-state index < -0.39 is 17.9 Å². The molecule has 98 valence electrons. The van der Waals surface area contributed by atoms with E-state index in [2.05, 4.69) is 9.97 Å². The zero-order valence-corrected chi connectivity index (χ0v) is 9.48. The van der Waals surface area contributed by atoms with Gasteiger partial charge in [0.15, 0.2) is 0 Å². The van der Waals surface area contributed by atoms with E-state index in [0.29, 0.717) is 11.1 Å². The molecular formula is C12H8F3N3O. The number of carbonyl (C=O) groups excluding carboxylic acids is 1. The first-order chi connectivity index (χ1) is 8.89. The van der Waals surface area contributed by atoms with E-state index in [9.17, 15) is 18.0 Å². The van der Waals surface area contributed by atoms with Crippen molar-refractivity contribution in [2.75, 3.05) is 0 Å². The van der Waals surface area contributed by atoms with Crippen molar-refractivity contribution in [1.82, 2.24) is 9.97 Å². The molecule has 0 radical (unpaired) electrons. The zero-order valence-electron chi connectivity index (χ0n) is 9.48. The number of alkyl halides is 3. The van der Waals surface area contributed by atoms with Crippen molar-refractivity contribution in [2.45, 2.75) is 6.18 Å². The minimum absolute atomic E-state index is 0.200. The van der Waals surface area contributed by atoms with E-state index in [0.717, 1.165) is 12.4 Å². The highest BCUT2D eigenvalue weighted by molar-refractivity contribution is 5.99. The predicted octanol–water partition coefficient (Wildman–Crippen LogP) is 2.26. The molecule has 4 nitrogen and oxygen atoms in total. The average Bonchev–Trinajstić information content (AvgIpc) is 2.38. The van der Waals surface area contributed by atoms with Gasteiger partial charge in [-0.15, -0.1) is 0 Å². The lowest BCUT2D eigenvalue weighted by Gasteiger charge is -2.08.